The predicted molar refractivity (Wildman–Crippen MR) is 114 cm³/mol. The molecule has 29 heavy (non-hydrogen) atoms. The molecule has 1 aliphatic carbocycles. The molecule has 0 aromatic heterocycles. The number of morpholine rings is 1. The number of benzene rings is 1. The second-order valence-corrected chi connectivity index (χ2v) is 8.33. The van der Waals surface area contributed by atoms with Crippen molar-refractivity contribution in [3.05, 3.63) is 24.3 Å². The minimum atomic E-state index is -0.693. The van der Waals surface area contributed by atoms with Crippen molar-refractivity contribution in [2.24, 2.45) is 5.92 Å². The third-order valence-corrected chi connectivity index (χ3v) is 5.84. The molecular weight excluding hydrogens is 368 g/mol. The number of hydrogen-bond acceptors (Lipinski definition) is 5. The van der Waals surface area contributed by atoms with Crippen LogP contribution >= 0.6 is 0 Å². The lowest BCUT2D eigenvalue weighted by Gasteiger charge is -2.38. The zero-order valence-corrected chi connectivity index (χ0v) is 18.0. The summed E-state index contributed by atoms with van der Waals surface area (Å²) in [4.78, 5) is 15.4. The van der Waals surface area contributed by atoms with Gasteiger partial charge in [0.1, 0.15) is 18.0 Å². The van der Waals surface area contributed by atoms with Crippen LogP contribution in [0.2, 0.25) is 0 Å². The summed E-state index contributed by atoms with van der Waals surface area (Å²) in [6.07, 6.45) is 4.71. The SMILES string of the molecule is CCCO[C@]1(C(=O)Nc2ccc(OCCN3CCOCC3)cc2)CCC[C@H](C)C1. The van der Waals surface area contributed by atoms with Crippen LogP contribution in [0.5, 0.6) is 5.75 Å². The summed E-state index contributed by atoms with van der Waals surface area (Å²) in [5.41, 5.74) is 0.0920. The molecule has 1 saturated carbocycles. The van der Waals surface area contributed by atoms with Gasteiger partial charge in [-0.3, -0.25) is 9.69 Å². The largest absolute Gasteiger partial charge is 0.492 e. The van der Waals surface area contributed by atoms with Gasteiger partial charge in [0.25, 0.3) is 5.91 Å². The van der Waals surface area contributed by atoms with Crippen LogP contribution in [0.4, 0.5) is 5.69 Å². The first-order chi connectivity index (χ1) is 14.1. The van der Waals surface area contributed by atoms with Gasteiger partial charge >= 0.3 is 0 Å². The number of rotatable bonds is 9. The molecule has 6 nitrogen and oxygen atoms in total. The highest BCUT2D eigenvalue weighted by Gasteiger charge is 2.42. The van der Waals surface area contributed by atoms with Crippen molar-refractivity contribution in [1.29, 1.82) is 0 Å². The van der Waals surface area contributed by atoms with Crippen molar-refractivity contribution in [1.82, 2.24) is 4.90 Å². The summed E-state index contributed by atoms with van der Waals surface area (Å²) in [5, 5.41) is 3.08. The van der Waals surface area contributed by atoms with Gasteiger partial charge in [-0.1, -0.05) is 20.3 Å². The van der Waals surface area contributed by atoms with Gasteiger partial charge in [0.2, 0.25) is 0 Å². The minimum absolute atomic E-state index is 0.0153. The van der Waals surface area contributed by atoms with E-state index in [1.165, 1.54) is 6.42 Å². The topological polar surface area (TPSA) is 60.0 Å². The summed E-state index contributed by atoms with van der Waals surface area (Å²) in [7, 11) is 0. The number of amides is 1. The van der Waals surface area contributed by atoms with Crippen LogP contribution < -0.4 is 10.1 Å². The maximum atomic E-state index is 13.1. The summed E-state index contributed by atoms with van der Waals surface area (Å²) in [6, 6.07) is 7.64. The number of anilines is 1. The second-order valence-electron chi connectivity index (χ2n) is 8.33. The van der Waals surface area contributed by atoms with E-state index in [-0.39, 0.29) is 5.91 Å². The highest BCUT2D eigenvalue weighted by atomic mass is 16.5. The van der Waals surface area contributed by atoms with Crippen molar-refractivity contribution < 1.29 is 19.0 Å². The second kappa shape index (κ2) is 11.0. The van der Waals surface area contributed by atoms with Gasteiger partial charge in [-0.15, -0.1) is 0 Å². The van der Waals surface area contributed by atoms with E-state index in [2.05, 4.69) is 24.1 Å². The zero-order chi connectivity index (χ0) is 20.5. The standard InChI is InChI=1S/C23H36N2O4/c1-3-14-29-23(10-4-5-19(2)18-23)22(26)24-20-6-8-21(9-7-20)28-17-13-25-11-15-27-16-12-25/h6-9,19H,3-5,10-18H2,1-2H3,(H,24,26)/t19-,23+/m0/s1. The van der Waals surface area contributed by atoms with Gasteiger partial charge in [0.15, 0.2) is 0 Å². The third-order valence-electron chi connectivity index (χ3n) is 5.84. The Morgan fingerprint density at radius 2 is 2.00 bits per heavy atom. The van der Waals surface area contributed by atoms with E-state index in [0.29, 0.717) is 19.1 Å². The Hall–Kier alpha value is -1.63. The Labute approximate surface area is 174 Å². The average molecular weight is 405 g/mol. The summed E-state index contributed by atoms with van der Waals surface area (Å²) < 4.78 is 17.3. The van der Waals surface area contributed by atoms with Crippen LogP contribution in [0.15, 0.2) is 24.3 Å². The Kier molecular flexibility index (Phi) is 8.33. The highest BCUT2D eigenvalue weighted by molar-refractivity contribution is 5.97. The number of nitrogens with zero attached hydrogens (tertiary/aromatic N) is 1. The Balaban J connectivity index is 1.51. The van der Waals surface area contributed by atoms with Gasteiger partial charge < -0.3 is 19.5 Å². The molecule has 1 N–H and O–H groups in total. The summed E-state index contributed by atoms with van der Waals surface area (Å²) >= 11 is 0. The van der Waals surface area contributed by atoms with E-state index in [4.69, 9.17) is 14.2 Å². The van der Waals surface area contributed by atoms with Crippen LogP contribution in [0.25, 0.3) is 0 Å². The van der Waals surface area contributed by atoms with Gasteiger partial charge in [0.05, 0.1) is 13.2 Å². The van der Waals surface area contributed by atoms with Crippen LogP contribution in [-0.4, -0.2) is 62.5 Å². The van der Waals surface area contributed by atoms with Crippen molar-refractivity contribution >= 4 is 11.6 Å². The van der Waals surface area contributed by atoms with E-state index >= 15 is 0 Å². The molecule has 0 radical (unpaired) electrons. The number of hydrogen-bond donors (Lipinski definition) is 1. The van der Waals surface area contributed by atoms with E-state index < -0.39 is 5.60 Å². The first-order valence-corrected chi connectivity index (χ1v) is 11.1. The fraction of sp³-hybridized carbons (Fsp3) is 0.696. The number of carbonyl (C=O) groups is 1. The predicted octanol–water partition coefficient (Wildman–Crippen LogP) is 3.71. The third kappa shape index (κ3) is 6.43. The monoisotopic (exact) mass is 404 g/mol. The van der Waals surface area contributed by atoms with Crippen LogP contribution in [0, 0.1) is 5.92 Å². The molecule has 0 bridgehead atoms. The average Bonchev–Trinajstić information content (AvgIpc) is 2.74. The molecular formula is C23H36N2O4. The van der Waals surface area contributed by atoms with Crippen molar-refractivity contribution in [3.8, 4) is 5.75 Å². The molecule has 2 fully saturated rings. The van der Waals surface area contributed by atoms with Gasteiger partial charge in [0, 0.05) is 31.9 Å². The molecule has 162 valence electrons. The van der Waals surface area contributed by atoms with Crippen molar-refractivity contribution in [2.45, 2.75) is 51.6 Å². The number of ether oxygens (including phenoxy) is 3. The Morgan fingerprint density at radius 3 is 2.69 bits per heavy atom. The number of nitrogens with one attached hydrogen (secondary N) is 1. The molecule has 2 aliphatic rings. The van der Waals surface area contributed by atoms with Gasteiger partial charge in [-0.05, 0) is 55.9 Å². The minimum Gasteiger partial charge on any atom is -0.492 e. The molecule has 1 aromatic rings. The summed E-state index contributed by atoms with van der Waals surface area (Å²) in [5.74, 6) is 1.31. The zero-order valence-electron chi connectivity index (χ0n) is 18.0. The highest BCUT2D eigenvalue weighted by Crippen LogP contribution is 2.36. The quantitative estimate of drug-likeness (QED) is 0.680. The fourth-order valence-electron chi connectivity index (χ4n) is 4.20. The van der Waals surface area contributed by atoms with Crippen molar-refractivity contribution in [3.63, 3.8) is 0 Å². The first kappa shape index (κ1) is 22.1. The normalized spacial score (nSPS) is 25.5. The molecule has 2 atom stereocenters. The molecule has 6 heteroatoms. The van der Waals surface area contributed by atoms with E-state index in [1.807, 2.05) is 24.3 Å². The Morgan fingerprint density at radius 1 is 1.24 bits per heavy atom. The smallest absolute Gasteiger partial charge is 0.256 e. The molecule has 1 aliphatic heterocycles. The lowest BCUT2D eigenvalue weighted by Crippen LogP contribution is -2.48. The summed E-state index contributed by atoms with van der Waals surface area (Å²) in [6.45, 7) is 10.00. The molecule has 0 unspecified atom stereocenters. The maximum absolute atomic E-state index is 13.1. The maximum Gasteiger partial charge on any atom is 0.256 e. The lowest BCUT2D eigenvalue weighted by molar-refractivity contribution is -0.148. The molecule has 1 heterocycles. The fourth-order valence-corrected chi connectivity index (χ4v) is 4.20. The van der Waals surface area contributed by atoms with E-state index in [9.17, 15) is 4.79 Å². The van der Waals surface area contributed by atoms with Gasteiger partial charge in [-0.2, -0.15) is 0 Å². The molecule has 1 amide bonds. The lowest BCUT2D eigenvalue weighted by atomic mass is 9.78. The molecule has 0 spiro atoms. The van der Waals surface area contributed by atoms with Gasteiger partial charge in [-0.25, -0.2) is 0 Å². The van der Waals surface area contributed by atoms with Crippen LogP contribution in [0.3, 0.4) is 0 Å². The van der Waals surface area contributed by atoms with E-state index in [0.717, 1.165) is 70.0 Å². The molecule has 1 aromatic carbocycles. The molecule has 1 saturated heterocycles. The molecule has 3 rings (SSSR count). The van der Waals surface area contributed by atoms with Crippen molar-refractivity contribution in [2.75, 3.05) is 51.4 Å². The van der Waals surface area contributed by atoms with E-state index in [1.54, 1.807) is 0 Å². The first-order valence-electron chi connectivity index (χ1n) is 11.1. The number of carbonyl (C=O) groups excluding carboxylic acids is 1. The van der Waals surface area contributed by atoms with Crippen LogP contribution in [-0.2, 0) is 14.3 Å². The van der Waals surface area contributed by atoms with Crippen LogP contribution in [0.1, 0.15) is 46.0 Å². The Bertz CT molecular complexity index is 630.